The van der Waals surface area contributed by atoms with E-state index in [0.29, 0.717) is 6.04 Å². The first-order valence-corrected chi connectivity index (χ1v) is 6.76. The lowest BCUT2D eigenvalue weighted by atomic mass is 10.1. The lowest BCUT2D eigenvalue weighted by Crippen LogP contribution is -2.39. The van der Waals surface area contributed by atoms with E-state index in [1.54, 1.807) is 0 Å². The van der Waals surface area contributed by atoms with Crippen LogP contribution in [0.25, 0.3) is 0 Å². The minimum Gasteiger partial charge on any atom is -0.380 e. The fraction of sp³-hybridized carbons (Fsp3) is 1.00. The monoisotopic (exact) mass is 228 g/mol. The lowest BCUT2D eigenvalue weighted by Gasteiger charge is -2.26. The van der Waals surface area contributed by atoms with Gasteiger partial charge in [0.2, 0.25) is 0 Å². The van der Waals surface area contributed by atoms with Crippen molar-refractivity contribution in [2.75, 3.05) is 33.4 Å². The smallest absolute Gasteiger partial charge is 0.0593 e. The second-order valence-corrected chi connectivity index (χ2v) is 5.03. The first kappa shape index (κ1) is 13.9. The van der Waals surface area contributed by atoms with Crippen LogP contribution in [-0.4, -0.2) is 44.3 Å². The molecule has 0 aromatic rings. The molecule has 3 nitrogen and oxygen atoms in total. The predicted molar refractivity (Wildman–Crippen MR) is 68.5 cm³/mol. The zero-order valence-electron chi connectivity index (χ0n) is 11.0. The van der Waals surface area contributed by atoms with Crippen molar-refractivity contribution < 1.29 is 4.74 Å². The fourth-order valence-corrected chi connectivity index (χ4v) is 1.88. The second kappa shape index (κ2) is 8.04. The Morgan fingerprint density at radius 1 is 1.44 bits per heavy atom. The largest absolute Gasteiger partial charge is 0.380 e. The topological polar surface area (TPSA) is 38.5 Å². The van der Waals surface area contributed by atoms with E-state index >= 15 is 0 Å². The van der Waals surface area contributed by atoms with E-state index in [0.717, 1.165) is 32.2 Å². The Morgan fingerprint density at radius 3 is 2.75 bits per heavy atom. The van der Waals surface area contributed by atoms with Gasteiger partial charge in [-0.25, -0.2) is 0 Å². The standard InChI is InChI=1S/C13H28N2O/c1-3-4-5-13(10-14)15(2)8-9-16-11-12-6-7-12/h12-13H,3-11,14H2,1-2H3. The summed E-state index contributed by atoms with van der Waals surface area (Å²) in [5.74, 6) is 0.871. The Balaban J connectivity index is 2.02. The van der Waals surface area contributed by atoms with Gasteiger partial charge in [0.25, 0.3) is 0 Å². The minimum absolute atomic E-state index is 0.532. The van der Waals surface area contributed by atoms with Crippen molar-refractivity contribution in [2.45, 2.75) is 45.1 Å². The van der Waals surface area contributed by atoms with Gasteiger partial charge in [0.1, 0.15) is 0 Å². The number of likely N-dealkylation sites (N-methyl/N-ethyl adjacent to an activating group) is 1. The van der Waals surface area contributed by atoms with Crippen LogP contribution < -0.4 is 5.73 Å². The van der Waals surface area contributed by atoms with Gasteiger partial charge in [0, 0.05) is 25.7 Å². The van der Waals surface area contributed by atoms with Gasteiger partial charge in [-0.1, -0.05) is 19.8 Å². The lowest BCUT2D eigenvalue weighted by molar-refractivity contribution is 0.0905. The molecule has 2 N–H and O–H groups in total. The van der Waals surface area contributed by atoms with E-state index in [4.69, 9.17) is 10.5 Å². The molecular formula is C13H28N2O. The summed E-state index contributed by atoms with van der Waals surface area (Å²) < 4.78 is 5.64. The highest BCUT2D eigenvalue weighted by atomic mass is 16.5. The number of unbranched alkanes of at least 4 members (excludes halogenated alkanes) is 1. The zero-order valence-corrected chi connectivity index (χ0v) is 11.0. The number of hydrogen-bond acceptors (Lipinski definition) is 3. The average molecular weight is 228 g/mol. The Labute approximate surface area is 100 Å². The van der Waals surface area contributed by atoms with Crippen molar-refractivity contribution in [3.05, 3.63) is 0 Å². The Morgan fingerprint density at radius 2 is 2.19 bits per heavy atom. The number of ether oxygens (including phenoxy) is 1. The van der Waals surface area contributed by atoms with Gasteiger partial charge in [0.05, 0.1) is 6.61 Å². The highest BCUT2D eigenvalue weighted by molar-refractivity contribution is 4.72. The van der Waals surface area contributed by atoms with Crippen LogP contribution in [0.15, 0.2) is 0 Å². The molecule has 0 aromatic heterocycles. The molecule has 0 amide bonds. The molecule has 1 unspecified atom stereocenters. The summed E-state index contributed by atoms with van der Waals surface area (Å²) in [5, 5.41) is 0. The van der Waals surface area contributed by atoms with Crippen molar-refractivity contribution in [1.29, 1.82) is 0 Å². The van der Waals surface area contributed by atoms with Crippen LogP contribution in [0.3, 0.4) is 0 Å². The maximum atomic E-state index is 5.79. The second-order valence-electron chi connectivity index (χ2n) is 5.03. The van der Waals surface area contributed by atoms with E-state index in [-0.39, 0.29) is 0 Å². The number of rotatable bonds is 10. The van der Waals surface area contributed by atoms with Crippen molar-refractivity contribution in [1.82, 2.24) is 4.90 Å². The van der Waals surface area contributed by atoms with Crippen LogP contribution in [0.1, 0.15) is 39.0 Å². The zero-order chi connectivity index (χ0) is 11.8. The summed E-state index contributed by atoms with van der Waals surface area (Å²) in [5.41, 5.74) is 5.79. The van der Waals surface area contributed by atoms with E-state index < -0.39 is 0 Å². The molecule has 16 heavy (non-hydrogen) atoms. The van der Waals surface area contributed by atoms with E-state index in [2.05, 4.69) is 18.9 Å². The molecule has 0 saturated heterocycles. The van der Waals surface area contributed by atoms with Crippen molar-refractivity contribution in [2.24, 2.45) is 11.7 Å². The molecule has 0 aromatic carbocycles. The number of hydrogen-bond donors (Lipinski definition) is 1. The third-order valence-electron chi connectivity index (χ3n) is 3.43. The van der Waals surface area contributed by atoms with Gasteiger partial charge >= 0.3 is 0 Å². The van der Waals surface area contributed by atoms with Crippen LogP contribution >= 0.6 is 0 Å². The summed E-state index contributed by atoms with van der Waals surface area (Å²) in [6.07, 6.45) is 6.49. The quantitative estimate of drug-likeness (QED) is 0.580. The maximum Gasteiger partial charge on any atom is 0.0593 e. The Bertz CT molecular complexity index is 171. The first-order chi connectivity index (χ1) is 7.77. The summed E-state index contributed by atoms with van der Waals surface area (Å²) in [6.45, 7) is 5.83. The van der Waals surface area contributed by atoms with Gasteiger partial charge in [-0.3, -0.25) is 4.90 Å². The molecule has 1 aliphatic rings. The van der Waals surface area contributed by atoms with Crippen molar-refractivity contribution in [3.8, 4) is 0 Å². The van der Waals surface area contributed by atoms with Gasteiger partial charge in [-0.05, 0) is 32.2 Å². The number of nitrogens with zero attached hydrogens (tertiary/aromatic N) is 1. The van der Waals surface area contributed by atoms with E-state index in [1.807, 2.05) is 0 Å². The fourth-order valence-electron chi connectivity index (χ4n) is 1.88. The summed E-state index contributed by atoms with van der Waals surface area (Å²) in [6, 6.07) is 0.532. The molecule has 1 rings (SSSR count). The molecule has 1 fully saturated rings. The van der Waals surface area contributed by atoms with E-state index in [9.17, 15) is 0 Å². The average Bonchev–Trinajstić information content (AvgIpc) is 3.09. The molecule has 0 bridgehead atoms. The summed E-state index contributed by atoms with van der Waals surface area (Å²) in [4.78, 5) is 2.35. The van der Waals surface area contributed by atoms with Crippen molar-refractivity contribution in [3.63, 3.8) is 0 Å². The SMILES string of the molecule is CCCCC(CN)N(C)CCOCC1CC1. The highest BCUT2D eigenvalue weighted by Crippen LogP contribution is 2.28. The normalized spacial score (nSPS) is 18.0. The van der Waals surface area contributed by atoms with Crippen LogP contribution in [0.5, 0.6) is 0 Å². The molecule has 0 spiro atoms. The van der Waals surface area contributed by atoms with Crippen LogP contribution in [0.2, 0.25) is 0 Å². The Hall–Kier alpha value is -0.120. The molecule has 0 heterocycles. The van der Waals surface area contributed by atoms with Gasteiger partial charge < -0.3 is 10.5 Å². The molecule has 1 atom stereocenters. The predicted octanol–water partition coefficient (Wildman–Crippen LogP) is 1.86. The summed E-state index contributed by atoms with van der Waals surface area (Å²) in [7, 11) is 2.16. The van der Waals surface area contributed by atoms with Crippen molar-refractivity contribution >= 4 is 0 Å². The molecule has 1 saturated carbocycles. The molecule has 96 valence electrons. The van der Waals surface area contributed by atoms with Crippen LogP contribution in [0, 0.1) is 5.92 Å². The molecule has 0 radical (unpaired) electrons. The number of nitrogens with two attached hydrogens (primary N) is 1. The first-order valence-electron chi connectivity index (χ1n) is 6.76. The summed E-state index contributed by atoms with van der Waals surface area (Å²) >= 11 is 0. The van der Waals surface area contributed by atoms with Gasteiger partial charge in [-0.2, -0.15) is 0 Å². The molecular weight excluding hydrogens is 200 g/mol. The molecule has 0 aliphatic heterocycles. The minimum atomic E-state index is 0.532. The maximum absolute atomic E-state index is 5.79. The molecule has 1 aliphatic carbocycles. The Kier molecular flexibility index (Phi) is 7.01. The third-order valence-corrected chi connectivity index (χ3v) is 3.43. The third kappa shape index (κ3) is 5.83. The van der Waals surface area contributed by atoms with Gasteiger partial charge in [-0.15, -0.1) is 0 Å². The van der Waals surface area contributed by atoms with Crippen LogP contribution in [-0.2, 0) is 4.74 Å². The van der Waals surface area contributed by atoms with Gasteiger partial charge in [0.15, 0.2) is 0 Å². The van der Waals surface area contributed by atoms with E-state index in [1.165, 1.54) is 32.1 Å². The highest BCUT2D eigenvalue weighted by Gasteiger charge is 2.21. The van der Waals surface area contributed by atoms with Crippen LogP contribution in [0.4, 0.5) is 0 Å². The molecule has 3 heteroatoms.